The van der Waals surface area contributed by atoms with Crippen LogP contribution in [0, 0.1) is 17.0 Å². The summed E-state index contributed by atoms with van der Waals surface area (Å²) in [4.78, 5) is 18.5. The molecule has 158 valence electrons. The van der Waals surface area contributed by atoms with Gasteiger partial charge in [-0.3, -0.25) is 14.8 Å². The largest absolute Gasteiger partial charge is 0.469 e. The fourth-order valence-corrected chi connectivity index (χ4v) is 3.27. The number of nitrogens with one attached hydrogen (secondary N) is 1. The maximum absolute atomic E-state index is 14.3. The monoisotopic (exact) mass is 448 g/mol. The van der Waals surface area contributed by atoms with Gasteiger partial charge in [-0.15, -0.1) is 5.10 Å². The molecule has 1 N–H and O–H groups in total. The Kier molecular flexibility index (Phi) is 7.04. The smallest absolute Gasteiger partial charge is 0.352 e. The van der Waals surface area contributed by atoms with E-state index in [2.05, 4.69) is 20.4 Å². The number of ether oxygens (including phenoxy) is 2. The van der Waals surface area contributed by atoms with Crippen molar-refractivity contribution < 1.29 is 18.8 Å². The molecule has 2 aromatic rings. The number of aromatic nitrogens is 4. The Morgan fingerprint density at radius 2 is 2.21 bits per heavy atom. The van der Waals surface area contributed by atoms with E-state index in [4.69, 9.17) is 32.7 Å². The van der Waals surface area contributed by atoms with Crippen LogP contribution in [0.3, 0.4) is 0 Å². The van der Waals surface area contributed by atoms with Crippen molar-refractivity contribution in [1.82, 2.24) is 19.7 Å². The van der Waals surface area contributed by atoms with Crippen LogP contribution in [0.5, 0.6) is 5.88 Å². The normalized spacial score (nSPS) is 15.9. The van der Waals surface area contributed by atoms with Gasteiger partial charge in [0.05, 0.1) is 23.7 Å². The lowest BCUT2D eigenvalue weighted by atomic mass is 10.1. The Morgan fingerprint density at radius 3 is 2.90 bits per heavy atom. The molecule has 10 nitrogen and oxygen atoms in total. The predicted molar refractivity (Wildman–Crippen MR) is 104 cm³/mol. The molecule has 0 bridgehead atoms. The lowest BCUT2D eigenvalue weighted by molar-refractivity contribution is -0.386. The van der Waals surface area contributed by atoms with Crippen molar-refractivity contribution in [3.8, 4) is 5.88 Å². The van der Waals surface area contributed by atoms with Gasteiger partial charge in [0.15, 0.2) is 6.17 Å². The van der Waals surface area contributed by atoms with Gasteiger partial charge < -0.3 is 14.8 Å². The second kappa shape index (κ2) is 9.51. The van der Waals surface area contributed by atoms with Gasteiger partial charge in [0.25, 0.3) is 0 Å². The van der Waals surface area contributed by atoms with Gasteiger partial charge in [0, 0.05) is 13.2 Å². The molecule has 0 saturated carbocycles. The Labute approximate surface area is 175 Å². The number of hydrogen-bond donors (Lipinski definition) is 1. The van der Waals surface area contributed by atoms with E-state index >= 15 is 0 Å². The highest BCUT2D eigenvalue weighted by molar-refractivity contribution is 6.33. The molecule has 2 aromatic heterocycles. The topological polar surface area (TPSA) is 117 Å². The summed E-state index contributed by atoms with van der Waals surface area (Å²) in [7, 11) is 0. The zero-order valence-corrected chi connectivity index (χ0v) is 17.0. The van der Waals surface area contributed by atoms with Crippen molar-refractivity contribution in [2.45, 2.75) is 32.0 Å². The van der Waals surface area contributed by atoms with Gasteiger partial charge in [0.2, 0.25) is 5.28 Å². The van der Waals surface area contributed by atoms with Crippen molar-refractivity contribution in [3.63, 3.8) is 0 Å². The number of anilines is 1. The molecule has 0 spiro atoms. The Hall–Kier alpha value is -2.24. The zero-order chi connectivity index (χ0) is 21.0. The quantitative estimate of drug-likeness (QED) is 0.370. The molecule has 0 radical (unpaired) electrons. The van der Waals surface area contributed by atoms with Crippen LogP contribution in [0.25, 0.3) is 0 Å². The number of halogens is 3. The number of hydrogen-bond acceptors (Lipinski definition) is 8. The molecule has 1 unspecified atom stereocenters. The average molecular weight is 449 g/mol. The molecule has 3 heterocycles. The standard InChI is InChI=1S/C16H19Cl2FN6O4/c1-9-13(25(26)27)15(23-24(9)11-2-4-28-5-3-11)29-8-10(19)6-20-14-12(17)7-21-16(18)22-14/h7,10-11H,2-6,8H2,1H3,(H,20,21,22). The van der Waals surface area contributed by atoms with Crippen molar-refractivity contribution in [2.75, 3.05) is 31.7 Å². The Morgan fingerprint density at radius 1 is 1.48 bits per heavy atom. The number of rotatable bonds is 8. The van der Waals surface area contributed by atoms with Crippen LogP contribution in [-0.4, -0.2) is 57.2 Å². The van der Waals surface area contributed by atoms with Crippen LogP contribution in [0.1, 0.15) is 24.6 Å². The van der Waals surface area contributed by atoms with Gasteiger partial charge >= 0.3 is 11.6 Å². The van der Waals surface area contributed by atoms with E-state index in [0.717, 1.165) is 0 Å². The Balaban J connectivity index is 1.64. The summed E-state index contributed by atoms with van der Waals surface area (Å²) in [5.41, 5.74) is 0.107. The van der Waals surface area contributed by atoms with E-state index in [-0.39, 0.29) is 40.3 Å². The van der Waals surface area contributed by atoms with Crippen molar-refractivity contribution in [3.05, 3.63) is 32.3 Å². The molecule has 3 rings (SSSR count). The molecule has 1 atom stereocenters. The minimum atomic E-state index is -1.51. The fraction of sp³-hybridized carbons (Fsp3) is 0.562. The molecular weight excluding hydrogens is 430 g/mol. The third-order valence-electron chi connectivity index (χ3n) is 4.41. The highest BCUT2D eigenvalue weighted by Gasteiger charge is 2.31. The summed E-state index contributed by atoms with van der Waals surface area (Å²) >= 11 is 11.6. The highest BCUT2D eigenvalue weighted by Crippen LogP contribution is 2.34. The third-order valence-corrected chi connectivity index (χ3v) is 4.87. The average Bonchev–Trinajstić information content (AvgIpc) is 3.04. The van der Waals surface area contributed by atoms with Gasteiger partial charge in [-0.2, -0.15) is 4.98 Å². The summed E-state index contributed by atoms with van der Waals surface area (Å²) in [5.74, 6) is -0.0234. The van der Waals surface area contributed by atoms with Gasteiger partial charge in [-0.05, 0) is 31.4 Å². The van der Waals surface area contributed by atoms with Crippen LogP contribution in [-0.2, 0) is 4.74 Å². The maximum Gasteiger partial charge on any atom is 0.352 e. The van der Waals surface area contributed by atoms with E-state index in [1.54, 1.807) is 11.6 Å². The molecular formula is C16H19Cl2FN6O4. The van der Waals surface area contributed by atoms with Gasteiger partial charge in [-0.1, -0.05) is 11.6 Å². The van der Waals surface area contributed by atoms with Crippen LogP contribution >= 0.6 is 23.2 Å². The predicted octanol–water partition coefficient (Wildman–Crippen LogP) is 3.38. The first-order valence-electron chi connectivity index (χ1n) is 8.86. The van der Waals surface area contributed by atoms with Crippen molar-refractivity contribution in [1.29, 1.82) is 0 Å². The Bertz CT molecular complexity index is 877. The molecule has 1 fully saturated rings. The van der Waals surface area contributed by atoms with E-state index in [9.17, 15) is 14.5 Å². The molecule has 0 aromatic carbocycles. The van der Waals surface area contributed by atoms with Crippen LogP contribution < -0.4 is 10.1 Å². The highest BCUT2D eigenvalue weighted by atomic mass is 35.5. The first kappa shape index (κ1) is 21.5. The first-order chi connectivity index (χ1) is 13.9. The summed E-state index contributed by atoms with van der Waals surface area (Å²) < 4.78 is 26.5. The van der Waals surface area contributed by atoms with Crippen molar-refractivity contribution >= 4 is 34.7 Å². The summed E-state index contributed by atoms with van der Waals surface area (Å²) in [5, 5.41) is 18.5. The number of nitrogens with zero attached hydrogens (tertiary/aromatic N) is 5. The van der Waals surface area contributed by atoms with Gasteiger partial charge in [0.1, 0.15) is 23.1 Å². The summed E-state index contributed by atoms with van der Waals surface area (Å²) in [6.45, 7) is 2.08. The maximum atomic E-state index is 14.3. The van der Waals surface area contributed by atoms with Crippen LogP contribution in [0.2, 0.25) is 10.3 Å². The van der Waals surface area contributed by atoms with Gasteiger partial charge in [-0.25, -0.2) is 9.37 Å². The third kappa shape index (κ3) is 5.22. The SMILES string of the molecule is Cc1c([N+](=O)[O-])c(OCC(F)CNc2nc(Cl)ncc2Cl)nn1C1CCOCC1. The van der Waals surface area contributed by atoms with E-state index in [0.29, 0.717) is 31.7 Å². The van der Waals surface area contributed by atoms with E-state index in [1.807, 2.05) is 0 Å². The molecule has 13 heteroatoms. The second-order valence-corrected chi connectivity index (χ2v) is 7.15. The lowest BCUT2D eigenvalue weighted by Crippen LogP contribution is -2.23. The van der Waals surface area contributed by atoms with Crippen LogP contribution in [0.15, 0.2) is 6.20 Å². The molecule has 1 saturated heterocycles. The number of alkyl halides is 1. The molecule has 0 amide bonds. The lowest BCUT2D eigenvalue weighted by Gasteiger charge is -2.22. The number of nitro groups is 1. The fourth-order valence-electron chi connectivity index (χ4n) is 2.98. The van der Waals surface area contributed by atoms with Crippen molar-refractivity contribution in [2.24, 2.45) is 0 Å². The zero-order valence-electron chi connectivity index (χ0n) is 15.5. The minimum absolute atomic E-state index is 0.0210. The van der Waals surface area contributed by atoms with E-state index in [1.165, 1.54) is 6.20 Å². The second-order valence-electron chi connectivity index (χ2n) is 6.41. The first-order valence-corrected chi connectivity index (χ1v) is 9.62. The van der Waals surface area contributed by atoms with Crippen LogP contribution in [0.4, 0.5) is 15.9 Å². The molecule has 1 aliphatic rings. The minimum Gasteiger partial charge on any atom is -0.469 e. The van der Waals surface area contributed by atoms with E-state index < -0.39 is 17.7 Å². The summed E-state index contributed by atoms with van der Waals surface area (Å²) in [6.07, 6.45) is 1.17. The molecule has 29 heavy (non-hydrogen) atoms. The summed E-state index contributed by atoms with van der Waals surface area (Å²) in [6, 6.07) is -0.0210. The molecule has 1 aliphatic heterocycles. The molecule has 0 aliphatic carbocycles.